The standard InChI is InChI=1S/C17H25N5O2/c1-2-3-12-24-16-6-4-15(5-7-16)17-18-20-22(19-17)9-8-21-10-13-23-14-11-21/h4-7H,2-3,8-14H2,1H3. The van der Waals surface area contributed by atoms with E-state index in [0.29, 0.717) is 5.82 Å². The van der Waals surface area contributed by atoms with E-state index in [1.807, 2.05) is 24.3 Å². The molecule has 7 nitrogen and oxygen atoms in total. The van der Waals surface area contributed by atoms with Gasteiger partial charge in [-0.25, -0.2) is 0 Å². The number of rotatable bonds is 8. The van der Waals surface area contributed by atoms with Crippen molar-refractivity contribution in [1.82, 2.24) is 25.1 Å². The summed E-state index contributed by atoms with van der Waals surface area (Å²) in [5.41, 5.74) is 0.954. The Morgan fingerprint density at radius 3 is 2.67 bits per heavy atom. The SMILES string of the molecule is CCCCOc1ccc(-c2nnn(CCN3CCOCC3)n2)cc1. The van der Waals surface area contributed by atoms with Crippen LogP contribution in [-0.4, -0.2) is 64.6 Å². The highest BCUT2D eigenvalue weighted by Crippen LogP contribution is 2.18. The van der Waals surface area contributed by atoms with Crippen molar-refractivity contribution in [2.24, 2.45) is 0 Å². The molecule has 1 aliphatic rings. The first-order valence-corrected chi connectivity index (χ1v) is 8.66. The van der Waals surface area contributed by atoms with Crippen molar-refractivity contribution in [1.29, 1.82) is 0 Å². The minimum Gasteiger partial charge on any atom is -0.494 e. The lowest BCUT2D eigenvalue weighted by atomic mass is 10.2. The number of hydrogen-bond donors (Lipinski definition) is 0. The van der Waals surface area contributed by atoms with Gasteiger partial charge in [-0.3, -0.25) is 4.90 Å². The molecule has 2 aromatic rings. The molecule has 1 aromatic heterocycles. The topological polar surface area (TPSA) is 65.3 Å². The van der Waals surface area contributed by atoms with Gasteiger partial charge in [0.1, 0.15) is 5.75 Å². The molecule has 0 saturated carbocycles. The smallest absolute Gasteiger partial charge is 0.204 e. The Morgan fingerprint density at radius 2 is 1.92 bits per heavy atom. The monoisotopic (exact) mass is 331 g/mol. The summed E-state index contributed by atoms with van der Waals surface area (Å²) in [6, 6.07) is 7.87. The molecular weight excluding hydrogens is 306 g/mol. The molecule has 1 fully saturated rings. The van der Waals surface area contributed by atoms with E-state index >= 15 is 0 Å². The van der Waals surface area contributed by atoms with Gasteiger partial charge in [0, 0.05) is 25.2 Å². The van der Waals surface area contributed by atoms with Crippen LogP contribution in [0.4, 0.5) is 0 Å². The molecule has 3 rings (SSSR count). The molecule has 0 bridgehead atoms. The number of aromatic nitrogens is 4. The second kappa shape index (κ2) is 8.75. The van der Waals surface area contributed by atoms with E-state index in [1.165, 1.54) is 0 Å². The van der Waals surface area contributed by atoms with Crippen molar-refractivity contribution in [2.45, 2.75) is 26.3 Å². The number of ether oxygens (including phenoxy) is 2. The Kier molecular flexibility index (Phi) is 6.14. The van der Waals surface area contributed by atoms with Crippen molar-refractivity contribution in [3.05, 3.63) is 24.3 Å². The van der Waals surface area contributed by atoms with Crippen LogP contribution in [-0.2, 0) is 11.3 Å². The van der Waals surface area contributed by atoms with Crippen molar-refractivity contribution in [2.75, 3.05) is 39.5 Å². The minimum absolute atomic E-state index is 0.650. The van der Waals surface area contributed by atoms with E-state index in [2.05, 4.69) is 27.2 Å². The predicted octanol–water partition coefficient (Wildman–Crippen LogP) is 1.85. The molecule has 0 unspecified atom stereocenters. The molecule has 130 valence electrons. The molecule has 0 radical (unpaired) electrons. The molecule has 1 aromatic carbocycles. The number of unbranched alkanes of at least 4 members (excludes halogenated alkanes) is 1. The van der Waals surface area contributed by atoms with Crippen molar-refractivity contribution in [3.8, 4) is 17.1 Å². The van der Waals surface area contributed by atoms with E-state index < -0.39 is 0 Å². The second-order valence-electron chi connectivity index (χ2n) is 5.89. The zero-order valence-electron chi connectivity index (χ0n) is 14.2. The van der Waals surface area contributed by atoms with Crippen LogP contribution >= 0.6 is 0 Å². The van der Waals surface area contributed by atoms with E-state index in [1.54, 1.807) is 4.80 Å². The summed E-state index contributed by atoms with van der Waals surface area (Å²) >= 11 is 0. The van der Waals surface area contributed by atoms with Crippen LogP contribution in [0, 0.1) is 0 Å². The van der Waals surface area contributed by atoms with Gasteiger partial charge in [0.05, 0.1) is 26.4 Å². The average molecular weight is 331 g/mol. The maximum Gasteiger partial charge on any atom is 0.204 e. The number of morpholine rings is 1. The molecule has 0 amide bonds. The quantitative estimate of drug-likeness (QED) is 0.688. The molecule has 24 heavy (non-hydrogen) atoms. The van der Waals surface area contributed by atoms with Crippen molar-refractivity contribution < 1.29 is 9.47 Å². The lowest BCUT2D eigenvalue weighted by Crippen LogP contribution is -2.38. The summed E-state index contributed by atoms with van der Waals surface area (Å²) < 4.78 is 11.0. The van der Waals surface area contributed by atoms with E-state index in [9.17, 15) is 0 Å². The van der Waals surface area contributed by atoms with Crippen molar-refractivity contribution >= 4 is 0 Å². The summed E-state index contributed by atoms with van der Waals surface area (Å²) in [5.74, 6) is 1.53. The van der Waals surface area contributed by atoms with Gasteiger partial charge in [-0.2, -0.15) is 4.80 Å². The number of hydrogen-bond acceptors (Lipinski definition) is 6. The van der Waals surface area contributed by atoms with Crippen LogP contribution in [0.25, 0.3) is 11.4 Å². The van der Waals surface area contributed by atoms with Gasteiger partial charge in [-0.1, -0.05) is 13.3 Å². The Labute approximate surface area is 142 Å². The Hall–Kier alpha value is -1.99. The lowest BCUT2D eigenvalue weighted by molar-refractivity contribution is 0.0354. The highest BCUT2D eigenvalue weighted by atomic mass is 16.5. The fraction of sp³-hybridized carbons (Fsp3) is 0.588. The second-order valence-corrected chi connectivity index (χ2v) is 5.89. The maximum atomic E-state index is 5.67. The summed E-state index contributed by atoms with van der Waals surface area (Å²) in [4.78, 5) is 4.02. The molecule has 2 heterocycles. The molecule has 0 atom stereocenters. The fourth-order valence-electron chi connectivity index (χ4n) is 2.54. The van der Waals surface area contributed by atoms with Crippen LogP contribution < -0.4 is 4.74 Å². The predicted molar refractivity (Wildman–Crippen MR) is 90.9 cm³/mol. The molecule has 1 saturated heterocycles. The number of tetrazole rings is 1. The summed E-state index contributed by atoms with van der Waals surface area (Å²) in [5, 5.41) is 12.8. The zero-order chi connectivity index (χ0) is 16.6. The Bertz CT molecular complexity index is 608. The minimum atomic E-state index is 0.650. The van der Waals surface area contributed by atoms with Gasteiger partial charge < -0.3 is 9.47 Å². The van der Waals surface area contributed by atoms with Gasteiger partial charge in [-0.15, -0.1) is 10.2 Å². The van der Waals surface area contributed by atoms with Crippen LogP contribution in [0.2, 0.25) is 0 Å². The summed E-state index contributed by atoms with van der Waals surface area (Å²) in [6.07, 6.45) is 2.20. The van der Waals surface area contributed by atoms with Gasteiger partial charge in [0.15, 0.2) is 0 Å². The Morgan fingerprint density at radius 1 is 1.12 bits per heavy atom. The Balaban J connectivity index is 1.52. The van der Waals surface area contributed by atoms with E-state index in [4.69, 9.17) is 9.47 Å². The summed E-state index contributed by atoms with van der Waals surface area (Å²) in [6.45, 7) is 8.13. The van der Waals surface area contributed by atoms with E-state index in [-0.39, 0.29) is 0 Å². The van der Waals surface area contributed by atoms with Crippen molar-refractivity contribution in [3.63, 3.8) is 0 Å². The molecule has 1 aliphatic heterocycles. The van der Waals surface area contributed by atoms with Gasteiger partial charge >= 0.3 is 0 Å². The average Bonchev–Trinajstić information content (AvgIpc) is 3.11. The molecule has 0 N–H and O–H groups in total. The molecular formula is C17H25N5O2. The lowest BCUT2D eigenvalue weighted by Gasteiger charge is -2.25. The highest BCUT2D eigenvalue weighted by molar-refractivity contribution is 5.55. The van der Waals surface area contributed by atoms with Gasteiger partial charge in [-0.05, 0) is 35.9 Å². The third-order valence-corrected chi connectivity index (χ3v) is 4.05. The number of benzene rings is 1. The van der Waals surface area contributed by atoms with Crippen LogP contribution in [0.15, 0.2) is 24.3 Å². The first-order chi connectivity index (χ1) is 11.8. The normalized spacial score (nSPS) is 15.5. The van der Waals surface area contributed by atoms with Crippen LogP contribution in [0.1, 0.15) is 19.8 Å². The largest absolute Gasteiger partial charge is 0.494 e. The third-order valence-electron chi connectivity index (χ3n) is 4.05. The maximum absolute atomic E-state index is 5.67. The first kappa shape index (κ1) is 16.9. The third kappa shape index (κ3) is 4.75. The first-order valence-electron chi connectivity index (χ1n) is 8.66. The van der Waals surface area contributed by atoms with Crippen LogP contribution in [0.5, 0.6) is 5.75 Å². The van der Waals surface area contributed by atoms with E-state index in [0.717, 1.165) is 70.2 Å². The fourth-order valence-corrected chi connectivity index (χ4v) is 2.54. The highest BCUT2D eigenvalue weighted by Gasteiger charge is 2.11. The summed E-state index contributed by atoms with van der Waals surface area (Å²) in [7, 11) is 0. The molecule has 0 spiro atoms. The van der Waals surface area contributed by atoms with Gasteiger partial charge in [0.25, 0.3) is 0 Å². The molecule has 0 aliphatic carbocycles. The van der Waals surface area contributed by atoms with Gasteiger partial charge in [0.2, 0.25) is 5.82 Å². The molecule has 7 heteroatoms. The van der Waals surface area contributed by atoms with Crippen LogP contribution in [0.3, 0.4) is 0 Å². The zero-order valence-corrected chi connectivity index (χ0v) is 14.2. The number of nitrogens with zero attached hydrogens (tertiary/aromatic N) is 5.